The molecule has 2 rings (SSSR count). The average molecular weight is 314 g/mol. The van der Waals surface area contributed by atoms with Gasteiger partial charge in [0, 0.05) is 16.6 Å². The summed E-state index contributed by atoms with van der Waals surface area (Å²) in [6.45, 7) is 2.80. The Morgan fingerprint density at radius 1 is 1.44 bits per heavy atom. The predicted octanol–water partition coefficient (Wildman–Crippen LogP) is 2.77. The molecule has 0 saturated heterocycles. The molecule has 1 fully saturated rings. The number of aryl methyl sites for hydroxylation is 1. The molecule has 0 aliphatic heterocycles. The lowest BCUT2D eigenvalue weighted by Gasteiger charge is -2.21. The molecule has 3 nitrogen and oxygen atoms in total. The number of hydrogen-bond donors (Lipinski definition) is 2. The maximum Gasteiger partial charge on any atom is 0.127 e. The van der Waals surface area contributed by atoms with Crippen LogP contribution in [0.15, 0.2) is 16.6 Å². The van der Waals surface area contributed by atoms with Crippen molar-refractivity contribution in [3.8, 4) is 5.75 Å². The van der Waals surface area contributed by atoms with E-state index >= 15 is 0 Å². The molecule has 2 N–H and O–H groups in total. The second-order valence-electron chi connectivity index (χ2n) is 4.90. The van der Waals surface area contributed by atoms with Gasteiger partial charge in [-0.2, -0.15) is 0 Å². The Hall–Kier alpha value is -0.580. The van der Waals surface area contributed by atoms with Crippen molar-refractivity contribution >= 4 is 15.9 Å². The van der Waals surface area contributed by atoms with Gasteiger partial charge in [0.05, 0.1) is 6.10 Å². The fraction of sp³-hybridized carbons (Fsp3) is 0.571. The zero-order valence-electron chi connectivity index (χ0n) is 10.9. The summed E-state index contributed by atoms with van der Waals surface area (Å²) < 4.78 is 7.11. The summed E-state index contributed by atoms with van der Waals surface area (Å²) in [6.07, 6.45) is 2.45. The maximum atomic E-state index is 9.87. The molecular weight excluding hydrogens is 294 g/mol. The first-order valence-electron chi connectivity index (χ1n) is 6.40. The molecule has 2 atom stereocenters. The lowest BCUT2D eigenvalue weighted by atomic mass is 10.1. The SMILES string of the molecule is CNCc1cc(Br)cc(C)c1OC1CCCC1O. The van der Waals surface area contributed by atoms with Gasteiger partial charge in [0.25, 0.3) is 0 Å². The zero-order valence-corrected chi connectivity index (χ0v) is 12.5. The number of rotatable bonds is 4. The van der Waals surface area contributed by atoms with Crippen LogP contribution in [0.2, 0.25) is 0 Å². The molecule has 2 unspecified atom stereocenters. The number of hydrogen-bond acceptors (Lipinski definition) is 3. The van der Waals surface area contributed by atoms with Crippen LogP contribution in [0, 0.1) is 6.92 Å². The van der Waals surface area contributed by atoms with Crippen molar-refractivity contribution < 1.29 is 9.84 Å². The van der Waals surface area contributed by atoms with E-state index in [2.05, 4.69) is 33.4 Å². The van der Waals surface area contributed by atoms with Crippen molar-refractivity contribution in [3.63, 3.8) is 0 Å². The van der Waals surface area contributed by atoms with Gasteiger partial charge in [-0.25, -0.2) is 0 Å². The standard InChI is InChI=1S/C14H20BrNO2/c1-9-6-11(15)7-10(8-16-2)14(9)18-13-5-3-4-12(13)17/h6-7,12-13,16-17H,3-5,8H2,1-2H3. The smallest absolute Gasteiger partial charge is 0.127 e. The van der Waals surface area contributed by atoms with Crippen LogP contribution in [0.1, 0.15) is 30.4 Å². The minimum Gasteiger partial charge on any atom is -0.487 e. The predicted molar refractivity (Wildman–Crippen MR) is 75.9 cm³/mol. The van der Waals surface area contributed by atoms with Crippen LogP contribution in [0.3, 0.4) is 0 Å². The van der Waals surface area contributed by atoms with E-state index in [1.165, 1.54) is 0 Å². The molecule has 0 heterocycles. The molecule has 100 valence electrons. The highest BCUT2D eigenvalue weighted by Gasteiger charge is 2.28. The van der Waals surface area contributed by atoms with Crippen molar-refractivity contribution in [2.45, 2.75) is 44.9 Å². The second kappa shape index (κ2) is 6.04. The van der Waals surface area contributed by atoms with E-state index < -0.39 is 0 Å². The van der Waals surface area contributed by atoms with E-state index in [-0.39, 0.29) is 12.2 Å². The second-order valence-corrected chi connectivity index (χ2v) is 5.81. The van der Waals surface area contributed by atoms with Crippen molar-refractivity contribution in [2.75, 3.05) is 7.05 Å². The normalized spacial score (nSPS) is 23.3. The average Bonchev–Trinajstić information content (AvgIpc) is 2.69. The molecule has 0 aromatic heterocycles. The number of nitrogens with one attached hydrogen (secondary N) is 1. The Morgan fingerprint density at radius 3 is 2.83 bits per heavy atom. The third-order valence-electron chi connectivity index (χ3n) is 3.37. The Kier molecular flexibility index (Phi) is 4.65. The van der Waals surface area contributed by atoms with Gasteiger partial charge < -0.3 is 15.2 Å². The van der Waals surface area contributed by atoms with Crippen LogP contribution in [0.4, 0.5) is 0 Å². The maximum absolute atomic E-state index is 9.87. The number of halogens is 1. The summed E-state index contributed by atoms with van der Waals surface area (Å²) in [6, 6.07) is 4.12. The minimum absolute atomic E-state index is 0.0551. The summed E-state index contributed by atoms with van der Waals surface area (Å²) in [5, 5.41) is 13.0. The highest BCUT2D eigenvalue weighted by atomic mass is 79.9. The van der Waals surface area contributed by atoms with Crippen LogP contribution < -0.4 is 10.1 Å². The van der Waals surface area contributed by atoms with Crippen molar-refractivity contribution in [2.24, 2.45) is 0 Å². The summed E-state index contributed by atoms with van der Waals surface area (Å²) in [5.41, 5.74) is 2.23. The third-order valence-corrected chi connectivity index (χ3v) is 3.83. The van der Waals surface area contributed by atoms with Crippen molar-refractivity contribution in [1.82, 2.24) is 5.32 Å². The summed E-state index contributed by atoms with van der Waals surface area (Å²) in [4.78, 5) is 0. The van der Waals surface area contributed by atoms with Crippen molar-refractivity contribution in [1.29, 1.82) is 0 Å². The number of aliphatic hydroxyl groups is 1. The van der Waals surface area contributed by atoms with Crippen LogP contribution >= 0.6 is 15.9 Å². The lowest BCUT2D eigenvalue weighted by molar-refractivity contribution is 0.0593. The number of ether oxygens (including phenoxy) is 1. The number of aliphatic hydroxyl groups excluding tert-OH is 1. The van der Waals surface area contributed by atoms with Crippen LogP contribution in [-0.2, 0) is 6.54 Å². The molecule has 1 aromatic rings. The Labute approximate surface area is 117 Å². The quantitative estimate of drug-likeness (QED) is 0.898. The minimum atomic E-state index is -0.324. The van der Waals surface area contributed by atoms with E-state index in [9.17, 15) is 5.11 Å². The Balaban J connectivity index is 2.24. The number of benzene rings is 1. The first-order chi connectivity index (χ1) is 8.61. The van der Waals surface area contributed by atoms with E-state index in [0.717, 1.165) is 47.2 Å². The van der Waals surface area contributed by atoms with Crippen LogP contribution in [-0.4, -0.2) is 24.4 Å². The monoisotopic (exact) mass is 313 g/mol. The molecule has 0 bridgehead atoms. The zero-order chi connectivity index (χ0) is 13.1. The molecule has 1 aliphatic rings. The Bertz CT molecular complexity index is 423. The van der Waals surface area contributed by atoms with E-state index in [0.29, 0.717) is 0 Å². The third kappa shape index (κ3) is 3.05. The van der Waals surface area contributed by atoms with Gasteiger partial charge in [0.2, 0.25) is 0 Å². The van der Waals surface area contributed by atoms with Gasteiger partial charge in [-0.3, -0.25) is 0 Å². The van der Waals surface area contributed by atoms with Gasteiger partial charge in [-0.15, -0.1) is 0 Å². The van der Waals surface area contributed by atoms with E-state index in [1.807, 2.05) is 14.0 Å². The molecule has 18 heavy (non-hydrogen) atoms. The molecule has 0 spiro atoms. The Morgan fingerprint density at radius 2 is 2.22 bits per heavy atom. The largest absolute Gasteiger partial charge is 0.487 e. The molecule has 1 aromatic carbocycles. The highest BCUT2D eigenvalue weighted by Crippen LogP contribution is 2.32. The highest BCUT2D eigenvalue weighted by molar-refractivity contribution is 9.10. The molecular formula is C14H20BrNO2. The van der Waals surface area contributed by atoms with Gasteiger partial charge in [0.15, 0.2) is 0 Å². The lowest BCUT2D eigenvalue weighted by Crippen LogP contribution is -2.26. The topological polar surface area (TPSA) is 41.5 Å². The van der Waals surface area contributed by atoms with E-state index in [1.54, 1.807) is 0 Å². The van der Waals surface area contributed by atoms with Crippen LogP contribution in [0.25, 0.3) is 0 Å². The summed E-state index contributed by atoms with van der Waals surface area (Å²) in [7, 11) is 1.92. The van der Waals surface area contributed by atoms with Gasteiger partial charge in [-0.1, -0.05) is 15.9 Å². The first kappa shape index (κ1) is 13.8. The van der Waals surface area contributed by atoms with Gasteiger partial charge in [0.1, 0.15) is 11.9 Å². The van der Waals surface area contributed by atoms with Gasteiger partial charge >= 0.3 is 0 Å². The van der Waals surface area contributed by atoms with E-state index in [4.69, 9.17) is 4.74 Å². The molecule has 0 radical (unpaired) electrons. The molecule has 0 amide bonds. The molecule has 4 heteroatoms. The fourth-order valence-corrected chi connectivity index (χ4v) is 3.10. The first-order valence-corrected chi connectivity index (χ1v) is 7.19. The summed E-state index contributed by atoms with van der Waals surface area (Å²) >= 11 is 3.51. The van der Waals surface area contributed by atoms with Crippen molar-refractivity contribution in [3.05, 3.63) is 27.7 Å². The summed E-state index contributed by atoms with van der Waals surface area (Å²) in [5.74, 6) is 0.915. The molecule has 1 aliphatic carbocycles. The van der Waals surface area contributed by atoms with Crippen LogP contribution in [0.5, 0.6) is 5.75 Å². The fourth-order valence-electron chi connectivity index (χ4n) is 2.48. The van der Waals surface area contributed by atoms with Gasteiger partial charge in [-0.05, 0) is 50.9 Å². The molecule has 1 saturated carbocycles.